The van der Waals surface area contributed by atoms with Crippen molar-refractivity contribution in [3.63, 3.8) is 0 Å². The molecular weight excluding hydrogens is 200 g/mol. The fraction of sp³-hybridized carbons (Fsp3) is 1.00. The Kier molecular flexibility index (Phi) is 5.77. The first-order chi connectivity index (χ1) is 7.60. The summed E-state index contributed by atoms with van der Waals surface area (Å²) < 4.78 is 0. The molecule has 0 spiro atoms. The largest absolute Gasteiger partial charge is 0.393 e. The van der Waals surface area contributed by atoms with Gasteiger partial charge in [-0.05, 0) is 49.9 Å². The van der Waals surface area contributed by atoms with Crippen molar-refractivity contribution in [3.8, 4) is 0 Å². The van der Waals surface area contributed by atoms with Gasteiger partial charge in [0.1, 0.15) is 0 Å². The predicted octanol–water partition coefficient (Wildman–Crippen LogP) is 2.97. The molecule has 0 radical (unpaired) electrons. The second kappa shape index (κ2) is 6.61. The quantitative estimate of drug-likeness (QED) is 0.759. The molecule has 1 aliphatic carbocycles. The summed E-state index contributed by atoms with van der Waals surface area (Å²) in [5.74, 6) is 1.74. The zero-order valence-corrected chi connectivity index (χ0v) is 11.0. The van der Waals surface area contributed by atoms with Crippen LogP contribution in [-0.4, -0.2) is 22.4 Å². The van der Waals surface area contributed by atoms with Gasteiger partial charge < -0.3 is 10.2 Å². The van der Waals surface area contributed by atoms with E-state index in [1.807, 2.05) is 0 Å². The van der Waals surface area contributed by atoms with Crippen molar-refractivity contribution in [2.75, 3.05) is 0 Å². The third-order valence-electron chi connectivity index (χ3n) is 4.52. The highest BCUT2D eigenvalue weighted by atomic mass is 16.3. The SMILES string of the molecule is CCC(O)C(C)C(CC)C1CCC(O)CC1. The molecule has 0 bridgehead atoms. The van der Waals surface area contributed by atoms with E-state index in [4.69, 9.17) is 0 Å². The predicted molar refractivity (Wildman–Crippen MR) is 67.2 cm³/mol. The van der Waals surface area contributed by atoms with Gasteiger partial charge in [0, 0.05) is 0 Å². The Hall–Kier alpha value is -0.0800. The summed E-state index contributed by atoms with van der Waals surface area (Å²) in [7, 11) is 0. The molecule has 2 N–H and O–H groups in total. The third-order valence-corrected chi connectivity index (χ3v) is 4.52. The van der Waals surface area contributed by atoms with Gasteiger partial charge in [0.05, 0.1) is 12.2 Å². The second-order valence-electron chi connectivity index (χ2n) is 5.48. The maximum atomic E-state index is 9.96. The van der Waals surface area contributed by atoms with Gasteiger partial charge in [-0.1, -0.05) is 27.2 Å². The zero-order chi connectivity index (χ0) is 12.1. The molecule has 96 valence electrons. The molecule has 0 amide bonds. The molecule has 0 aromatic rings. The van der Waals surface area contributed by atoms with E-state index in [9.17, 15) is 10.2 Å². The number of hydrogen-bond acceptors (Lipinski definition) is 2. The van der Waals surface area contributed by atoms with E-state index in [0.717, 1.165) is 38.5 Å². The molecule has 0 heterocycles. The maximum Gasteiger partial charge on any atom is 0.0565 e. The Morgan fingerprint density at radius 1 is 1.06 bits per heavy atom. The van der Waals surface area contributed by atoms with Crippen molar-refractivity contribution in [3.05, 3.63) is 0 Å². The van der Waals surface area contributed by atoms with Crippen molar-refractivity contribution in [2.24, 2.45) is 17.8 Å². The van der Waals surface area contributed by atoms with Crippen LogP contribution in [0.25, 0.3) is 0 Å². The first-order valence-corrected chi connectivity index (χ1v) is 6.96. The number of hydrogen-bond donors (Lipinski definition) is 2. The fourth-order valence-corrected chi connectivity index (χ4v) is 3.32. The van der Waals surface area contributed by atoms with E-state index in [0.29, 0.717) is 17.8 Å². The summed E-state index contributed by atoms with van der Waals surface area (Å²) in [5.41, 5.74) is 0. The zero-order valence-electron chi connectivity index (χ0n) is 11.0. The van der Waals surface area contributed by atoms with Crippen LogP contribution in [0.1, 0.15) is 59.3 Å². The van der Waals surface area contributed by atoms with Crippen LogP contribution in [0.2, 0.25) is 0 Å². The summed E-state index contributed by atoms with van der Waals surface area (Å²) in [6.07, 6.45) is 5.97. The van der Waals surface area contributed by atoms with Crippen LogP contribution in [0.15, 0.2) is 0 Å². The minimum Gasteiger partial charge on any atom is -0.393 e. The van der Waals surface area contributed by atoms with Crippen LogP contribution in [0.5, 0.6) is 0 Å². The number of rotatable bonds is 5. The Morgan fingerprint density at radius 3 is 2.06 bits per heavy atom. The summed E-state index contributed by atoms with van der Waals surface area (Å²) in [4.78, 5) is 0. The van der Waals surface area contributed by atoms with Gasteiger partial charge in [-0.3, -0.25) is 0 Å². The van der Waals surface area contributed by atoms with Gasteiger partial charge in [-0.25, -0.2) is 0 Å². The van der Waals surface area contributed by atoms with E-state index in [-0.39, 0.29) is 12.2 Å². The van der Waals surface area contributed by atoms with E-state index < -0.39 is 0 Å². The highest BCUT2D eigenvalue weighted by Crippen LogP contribution is 2.37. The van der Waals surface area contributed by atoms with Crippen molar-refractivity contribution >= 4 is 0 Å². The summed E-state index contributed by atoms with van der Waals surface area (Å²) in [6.45, 7) is 6.47. The Morgan fingerprint density at radius 2 is 1.62 bits per heavy atom. The van der Waals surface area contributed by atoms with Crippen LogP contribution >= 0.6 is 0 Å². The van der Waals surface area contributed by atoms with Crippen LogP contribution in [-0.2, 0) is 0 Å². The molecule has 2 nitrogen and oxygen atoms in total. The highest BCUT2D eigenvalue weighted by Gasteiger charge is 2.31. The minimum absolute atomic E-state index is 0.0693. The van der Waals surface area contributed by atoms with Crippen molar-refractivity contribution < 1.29 is 10.2 Å². The normalized spacial score (nSPS) is 32.1. The lowest BCUT2D eigenvalue weighted by Gasteiger charge is -2.37. The highest BCUT2D eigenvalue weighted by molar-refractivity contribution is 4.82. The summed E-state index contributed by atoms with van der Waals surface area (Å²) >= 11 is 0. The van der Waals surface area contributed by atoms with Gasteiger partial charge in [0.25, 0.3) is 0 Å². The smallest absolute Gasteiger partial charge is 0.0565 e. The molecule has 1 saturated carbocycles. The Labute approximate surface area is 100 Å². The molecule has 2 heteroatoms. The molecule has 0 aromatic carbocycles. The Bertz CT molecular complexity index is 185. The number of aliphatic hydroxyl groups is 2. The fourth-order valence-electron chi connectivity index (χ4n) is 3.32. The molecule has 3 unspecified atom stereocenters. The number of aliphatic hydroxyl groups excluding tert-OH is 2. The van der Waals surface area contributed by atoms with E-state index in [1.54, 1.807) is 0 Å². The first kappa shape index (κ1) is 14.0. The molecule has 16 heavy (non-hydrogen) atoms. The van der Waals surface area contributed by atoms with Crippen molar-refractivity contribution in [2.45, 2.75) is 71.5 Å². The molecule has 0 aromatic heterocycles. The van der Waals surface area contributed by atoms with Crippen molar-refractivity contribution in [1.29, 1.82) is 0 Å². The van der Waals surface area contributed by atoms with Crippen LogP contribution < -0.4 is 0 Å². The second-order valence-corrected chi connectivity index (χ2v) is 5.48. The van der Waals surface area contributed by atoms with E-state index in [2.05, 4.69) is 20.8 Å². The Balaban J connectivity index is 2.53. The molecule has 1 rings (SSSR count). The van der Waals surface area contributed by atoms with Crippen molar-refractivity contribution in [1.82, 2.24) is 0 Å². The first-order valence-electron chi connectivity index (χ1n) is 6.96. The van der Waals surface area contributed by atoms with Crippen LogP contribution in [0.3, 0.4) is 0 Å². The van der Waals surface area contributed by atoms with Gasteiger partial charge >= 0.3 is 0 Å². The molecule has 0 aliphatic heterocycles. The van der Waals surface area contributed by atoms with Crippen LogP contribution in [0, 0.1) is 17.8 Å². The lowest BCUT2D eigenvalue weighted by molar-refractivity contribution is 0.0285. The van der Waals surface area contributed by atoms with Gasteiger partial charge in [-0.2, -0.15) is 0 Å². The molecule has 1 fully saturated rings. The maximum absolute atomic E-state index is 9.96. The molecule has 3 atom stereocenters. The lowest BCUT2D eigenvalue weighted by atomic mass is 9.71. The average Bonchev–Trinajstić information content (AvgIpc) is 2.31. The van der Waals surface area contributed by atoms with Gasteiger partial charge in [-0.15, -0.1) is 0 Å². The van der Waals surface area contributed by atoms with Crippen LogP contribution in [0.4, 0.5) is 0 Å². The topological polar surface area (TPSA) is 40.5 Å². The van der Waals surface area contributed by atoms with E-state index in [1.165, 1.54) is 0 Å². The van der Waals surface area contributed by atoms with Gasteiger partial charge in [0.2, 0.25) is 0 Å². The summed E-state index contributed by atoms with van der Waals surface area (Å²) in [6, 6.07) is 0. The van der Waals surface area contributed by atoms with Gasteiger partial charge in [0.15, 0.2) is 0 Å². The molecule has 0 saturated heterocycles. The summed E-state index contributed by atoms with van der Waals surface area (Å²) in [5, 5.41) is 19.5. The molecule has 1 aliphatic rings. The lowest BCUT2D eigenvalue weighted by Crippen LogP contribution is -2.32. The van der Waals surface area contributed by atoms with E-state index >= 15 is 0 Å². The minimum atomic E-state index is -0.156. The third kappa shape index (κ3) is 3.46. The average molecular weight is 228 g/mol. The monoisotopic (exact) mass is 228 g/mol. The molecular formula is C14H28O2. The standard InChI is InChI=1S/C14H28O2/c1-4-13(10(3)14(16)5-2)11-6-8-12(15)9-7-11/h10-16H,4-9H2,1-3H3.